The number of anilines is 1. The second-order valence-electron chi connectivity index (χ2n) is 14.8. The third kappa shape index (κ3) is 7.91. The van der Waals surface area contributed by atoms with E-state index >= 15 is 4.39 Å². The number of benzene rings is 3. The molecule has 1 aliphatic carbocycles. The molecule has 8 heteroatoms. The number of hydrogen-bond donors (Lipinski definition) is 1. The number of amides is 1. The summed E-state index contributed by atoms with van der Waals surface area (Å²) in [5.41, 5.74) is 5.58. The average Bonchev–Trinajstić information content (AvgIpc) is 3.08. The summed E-state index contributed by atoms with van der Waals surface area (Å²) in [6, 6.07) is 23.8. The van der Waals surface area contributed by atoms with Crippen molar-refractivity contribution in [2.75, 3.05) is 18.0 Å². The molecule has 1 aliphatic heterocycles. The van der Waals surface area contributed by atoms with Crippen LogP contribution in [-0.4, -0.2) is 35.6 Å². The van der Waals surface area contributed by atoms with Crippen LogP contribution < -0.4 is 10.2 Å². The quantitative estimate of drug-likeness (QED) is 0.169. The van der Waals surface area contributed by atoms with Gasteiger partial charge in [0, 0.05) is 42.1 Å². The van der Waals surface area contributed by atoms with E-state index < -0.39 is 29.4 Å². The number of esters is 1. The van der Waals surface area contributed by atoms with Crippen LogP contribution in [0.3, 0.4) is 0 Å². The fourth-order valence-electron chi connectivity index (χ4n) is 7.33. The third-order valence-corrected chi connectivity index (χ3v) is 10.1. The van der Waals surface area contributed by atoms with Gasteiger partial charge in [-0.15, -0.1) is 0 Å². The van der Waals surface area contributed by atoms with Crippen LogP contribution in [0.5, 0.6) is 0 Å². The maximum Gasteiger partial charge on any atom is 0.340 e. The van der Waals surface area contributed by atoms with E-state index in [0.717, 1.165) is 48.3 Å². The first-order valence-electron chi connectivity index (χ1n) is 17.7. The number of halogens is 1. The largest absolute Gasteiger partial charge is 0.459 e. The van der Waals surface area contributed by atoms with Crippen LogP contribution in [0.15, 0.2) is 78.9 Å². The van der Waals surface area contributed by atoms with Crippen LogP contribution in [0, 0.1) is 25.1 Å². The standard InChI is InChI=1S/C42H48FN3O4/c1-28-35(32-17-18-33(34(43)25-32)39(47)44-26-30-13-8-6-9-14-30)37(46-23-21-42(22-24-46)19-12-20-42)36(29(2)45-28)38(50-41(3,4)5)40(48)49-27-31-15-10-7-11-16-31/h6-11,13-18,25,38H,12,19-24,26-27H2,1-5H3,(H,44,47)/t38-/m0/s1. The molecule has 4 aromatic rings. The van der Waals surface area contributed by atoms with Gasteiger partial charge in [0.05, 0.1) is 16.9 Å². The van der Waals surface area contributed by atoms with Crippen LogP contribution in [-0.2, 0) is 27.4 Å². The Morgan fingerprint density at radius 1 is 0.900 bits per heavy atom. The number of nitrogens with one attached hydrogen (secondary N) is 1. The Morgan fingerprint density at radius 2 is 1.54 bits per heavy atom. The Labute approximate surface area is 295 Å². The van der Waals surface area contributed by atoms with Gasteiger partial charge in [0.15, 0.2) is 6.10 Å². The lowest BCUT2D eigenvalue weighted by molar-refractivity contribution is -0.168. The van der Waals surface area contributed by atoms with Gasteiger partial charge in [0.2, 0.25) is 0 Å². The fourth-order valence-corrected chi connectivity index (χ4v) is 7.33. The van der Waals surface area contributed by atoms with E-state index in [0.29, 0.717) is 34.5 Å². The van der Waals surface area contributed by atoms with E-state index in [1.807, 2.05) is 95.3 Å². The van der Waals surface area contributed by atoms with Crippen molar-refractivity contribution in [1.82, 2.24) is 10.3 Å². The van der Waals surface area contributed by atoms with Crippen molar-refractivity contribution in [1.29, 1.82) is 0 Å². The molecule has 262 valence electrons. The molecule has 7 nitrogen and oxygen atoms in total. The van der Waals surface area contributed by atoms with Gasteiger partial charge in [0.1, 0.15) is 12.4 Å². The number of nitrogens with zero attached hydrogens (tertiary/aromatic N) is 2. The monoisotopic (exact) mass is 677 g/mol. The number of pyridine rings is 1. The van der Waals surface area contributed by atoms with Crippen molar-refractivity contribution in [2.45, 2.75) is 91.6 Å². The van der Waals surface area contributed by atoms with E-state index in [2.05, 4.69) is 10.2 Å². The van der Waals surface area contributed by atoms with E-state index in [-0.39, 0.29) is 12.2 Å². The van der Waals surface area contributed by atoms with Gasteiger partial charge in [-0.25, -0.2) is 9.18 Å². The van der Waals surface area contributed by atoms with Gasteiger partial charge in [-0.3, -0.25) is 9.78 Å². The number of piperidine rings is 1. The summed E-state index contributed by atoms with van der Waals surface area (Å²) in [6.07, 6.45) is 4.77. The lowest BCUT2D eigenvalue weighted by atomic mass is 9.63. The maximum absolute atomic E-state index is 15.9. The molecule has 0 bridgehead atoms. The molecule has 1 aromatic heterocycles. The molecule has 3 aromatic carbocycles. The first kappa shape index (κ1) is 35.3. The Bertz CT molecular complexity index is 1820. The van der Waals surface area contributed by atoms with E-state index in [1.54, 1.807) is 6.07 Å². The molecule has 1 N–H and O–H groups in total. The number of aryl methyl sites for hydroxylation is 2. The molecule has 0 radical (unpaired) electrons. The van der Waals surface area contributed by atoms with Gasteiger partial charge in [-0.05, 0) is 94.5 Å². The summed E-state index contributed by atoms with van der Waals surface area (Å²) >= 11 is 0. The zero-order valence-corrected chi connectivity index (χ0v) is 29.9. The number of aromatic nitrogens is 1. The minimum atomic E-state index is -1.08. The zero-order valence-electron chi connectivity index (χ0n) is 29.9. The molecular weight excluding hydrogens is 629 g/mol. The van der Waals surface area contributed by atoms with Gasteiger partial charge in [-0.1, -0.05) is 73.2 Å². The lowest BCUT2D eigenvalue weighted by Crippen LogP contribution is -2.44. The molecular formula is C42H48FN3O4. The van der Waals surface area contributed by atoms with E-state index in [9.17, 15) is 9.59 Å². The summed E-state index contributed by atoms with van der Waals surface area (Å²) in [6.45, 7) is 11.6. The highest BCUT2D eigenvalue weighted by Gasteiger charge is 2.42. The number of carbonyl (C=O) groups is 2. The third-order valence-electron chi connectivity index (χ3n) is 10.1. The first-order chi connectivity index (χ1) is 23.9. The molecule has 50 heavy (non-hydrogen) atoms. The van der Waals surface area contributed by atoms with Crippen molar-refractivity contribution < 1.29 is 23.5 Å². The van der Waals surface area contributed by atoms with Crippen LogP contribution in [0.2, 0.25) is 0 Å². The molecule has 2 heterocycles. The van der Waals surface area contributed by atoms with Crippen molar-refractivity contribution in [3.8, 4) is 11.1 Å². The van der Waals surface area contributed by atoms with Gasteiger partial charge in [0.25, 0.3) is 5.91 Å². The normalized spacial score (nSPS) is 16.1. The number of carbonyl (C=O) groups excluding carboxylic acids is 2. The summed E-state index contributed by atoms with van der Waals surface area (Å²) < 4.78 is 28.4. The van der Waals surface area contributed by atoms with Crippen LogP contribution in [0.4, 0.5) is 10.1 Å². The first-order valence-corrected chi connectivity index (χ1v) is 17.7. The topological polar surface area (TPSA) is 80.8 Å². The minimum absolute atomic E-state index is 0.0347. The van der Waals surface area contributed by atoms with Gasteiger partial charge in [-0.2, -0.15) is 0 Å². The van der Waals surface area contributed by atoms with Crippen LogP contribution in [0.1, 0.15) is 97.4 Å². The molecule has 2 aliphatic rings. The number of hydrogen-bond acceptors (Lipinski definition) is 6. The van der Waals surface area contributed by atoms with Crippen molar-refractivity contribution in [3.05, 3.63) is 118 Å². The van der Waals surface area contributed by atoms with Crippen molar-refractivity contribution >= 4 is 17.6 Å². The summed E-state index contributed by atoms with van der Waals surface area (Å²) in [7, 11) is 0. The summed E-state index contributed by atoms with van der Waals surface area (Å²) in [4.78, 5) is 34.5. The zero-order chi connectivity index (χ0) is 35.5. The summed E-state index contributed by atoms with van der Waals surface area (Å²) in [5, 5.41) is 2.83. The van der Waals surface area contributed by atoms with Crippen LogP contribution >= 0.6 is 0 Å². The smallest absolute Gasteiger partial charge is 0.340 e. The molecule has 1 atom stereocenters. The molecule has 2 fully saturated rings. The van der Waals surface area contributed by atoms with Gasteiger partial charge >= 0.3 is 5.97 Å². The molecule has 1 saturated carbocycles. The second-order valence-corrected chi connectivity index (χ2v) is 14.8. The van der Waals surface area contributed by atoms with Crippen molar-refractivity contribution in [2.24, 2.45) is 5.41 Å². The predicted octanol–water partition coefficient (Wildman–Crippen LogP) is 8.80. The lowest BCUT2D eigenvalue weighted by Gasteiger charge is -2.49. The molecule has 1 saturated heterocycles. The SMILES string of the molecule is Cc1nc(C)c([C@H](OC(C)(C)C)C(=O)OCc2ccccc2)c(N2CCC3(CCC3)CC2)c1-c1ccc(C(=O)NCc2ccccc2)c(F)c1. The molecule has 1 spiro atoms. The molecule has 0 unspecified atom stereocenters. The highest BCUT2D eigenvalue weighted by molar-refractivity contribution is 5.96. The minimum Gasteiger partial charge on any atom is -0.459 e. The Hall–Kier alpha value is -4.56. The second kappa shape index (κ2) is 14.7. The number of rotatable bonds is 10. The maximum atomic E-state index is 15.9. The number of ether oxygens (including phenoxy) is 2. The van der Waals surface area contributed by atoms with Gasteiger partial charge < -0.3 is 19.7 Å². The van der Waals surface area contributed by atoms with E-state index in [4.69, 9.17) is 14.5 Å². The molecule has 6 rings (SSSR count). The predicted molar refractivity (Wildman–Crippen MR) is 194 cm³/mol. The highest BCUT2D eigenvalue weighted by atomic mass is 19.1. The fraction of sp³-hybridized carbons (Fsp3) is 0.405. The average molecular weight is 678 g/mol. The van der Waals surface area contributed by atoms with E-state index in [1.165, 1.54) is 31.4 Å². The summed E-state index contributed by atoms with van der Waals surface area (Å²) in [5.74, 6) is -1.62. The molecule has 1 amide bonds. The van der Waals surface area contributed by atoms with Crippen molar-refractivity contribution in [3.63, 3.8) is 0 Å². The Balaban J connectivity index is 1.41. The Morgan fingerprint density at radius 3 is 2.12 bits per heavy atom. The highest BCUT2D eigenvalue weighted by Crippen LogP contribution is 2.51. The Kier molecular flexibility index (Phi) is 10.4. The van der Waals surface area contributed by atoms with Crippen LogP contribution in [0.25, 0.3) is 11.1 Å².